The number of hydrogen-bond acceptors (Lipinski definition) is 6. The van der Waals surface area contributed by atoms with Crippen LogP contribution in [-0.2, 0) is 11.3 Å². The minimum Gasteiger partial charge on any atom is -0.490 e. The Bertz CT molecular complexity index is 995. The highest BCUT2D eigenvalue weighted by Crippen LogP contribution is 2.32. The summed E-state index contributed by atoms with van der Waals surface area (Å²) in [5.41, 5.74) is 0.368. The van der Waals surface area contributed by atoms with Crippen molar-refractivity contribution in [2.45, 2.75) is 13.0 Å². The first-order valence-electron chi connectivity index (χ1n) is 7.83. The second-order valence-electron chi connectivity index (χ2n) is 5.58. The summed E-state index contributed by atoms with van der Waals surface area (Å²) in [6, 6.07) is 6.95. The summed E-state index contributed by atoms with van der Waals surface area (Å²) in [7, 11) is 0. The number of thiophene rings is 1. The molecule has 4 rings (SSSR count). The smallest absolute Gasteiger partial charge is 0.262 e. The molecule has 0 fully saturated rings. The van der Waals surface area contributed by atoms with Crippen LogP contribution in [0.3, 0.4) is 0 Å². The third-order valence-corrected chi connectivity index (χ3v) is 4.62. The fourth-order valence-corrected chi connectivity index (χ4v) is 3.33. The lowest BCUT2D eigenvalue weighted by molar-refractivity contribution is -0.116. The number of amides is 1. The van der Waals surface area contributed by atoms with Crippen LogP contribution in [0.15, 0.2) is 40.8 Å². The summed E-state index contributed by atoms with van der Waals surface area (Å²) < 4.78 is 12.5. The van der Waals surface area contributed by atoms with Crippen LogP contribution in [0.4, 0.5) is 5.69 Å². The SMILES string of the molecule is O=C(Cn1cnc2sccc2c1=O)Nc1ccc2c(c1)OCCCO2. The number of benzene rings is 1. The number of hydrogen-bond donors (Lipinski definition) is 1. The van der Waals surface area contributed by atoms with Gasteiger partial charge in [-0.15, -0.1) is 11.3 Å². The van der Waals surface area contributed by atoms with Crippen LogP contribution >= 0.6 is 11.3 Å². The standard InChI is InChI=1S/C17H15N3O4S/c21-15(9-20-10-18-16-12(17(20)22)4-7-25-16)19-11-2-3-13-14(8-11)24-6-1-5-23-13/h2-4,7-8,10H,1,5-6,9H2,(H,19,21). The zero-order valence-corrected chi connectivity index (χ0v) is 14.0. The maximum absolute atomic E-state index is 12.3. The van der Waals surface area contributed by atoms with E-state index in [0.717, 1.165) is 6.42 Å². The molecule has 0 saturated heterocycles. The van der Waals surface area contributed by atoms with Gasteiger partial charge in [0, 0.05) is 18.2 Å². The lowest BCUT2D eigenvalue weighted by Crippen LogP contribution is -2.27. The fourth-order valence-electron chi connectivity index (χ4n) is 2.60. The van der Waals surface area contributed by atoms with Crippen LogP contribution in [-0.4, -0.2) is 28.7 Å². The highest BCUT2D eigenvalue weighted by atomic mass is 32.1. The zero-order valence-electron chi connectivity index (χ0n) is 13.2. The van der Waals surface area contributed by atoms with Gasteiger partial charge in [0.05, 0.1) is 24.9 Å². The molecule has 1 amide bonds. The summed E-state index contributed by atoms with van der Waals surface area (Å²) in [6.45, 7) is 1.08. The molecule has 1 aliphatic heterocycles. The van der Waals surface area contributed by atoms with Crippen LogP contribution in [0.25, 0.3) is 10.2 Å². The monoisotopic (exact) mass is 357 g/mol. The molecule has 8 heteroatoms. The molecule has 3 heterocycles. The predicted molar refractivity (Wildman–Crippen MR) is 94.6 cm³/mol. The number of carbonyl (C=O) groups is 1. The summed E-state index contributed by atoms with van der Waals surface area (Å²) in [5, 5.41) is 5.10. The maximum Gasteiger partial charge on any atom is 0.262 e. The lowest BCUT2D eigenvalue weighted by Gasteiger charge is -2.11. The Labute approximate surface area is 146 Å². The van der Waals surface area contributed by atoms with Gasteiger partial charge >= 0.3 is 0 Å². The van der Waals surface area contributed by atoms with Gasteiger partial charge in [-0.1, -0.05) is 0 Å². The summed E-state index contributed by atoms with van der Waals surface area (Å²) in [5.74, 6) is 0.959. The predicted octanol–water partition coefficient (Wildman–Crippen LogP) is 2.26. The number of ether oxygens (including phenoxy) is 2. The van der Waals surface area contributed by atoms with Crippen LogP contribution in [0.5, 0.6) is 11.5 Å². The van der Waals surface area contributed by atoms with Crippen molar-refractivity contribution in [3.05, 3.63) is 46.3 Å². The Morgan fingerprint density at radius 1 is 1.24 bits per heavy atom. The number of nitrogens with zero attached hydrogens (tertiary/aromatic N) is 2. The van der Waals surface area contributed by atoms with Gasteiger partial charge in [-0.25, -0.2) is 4.98 Å². The van der Waals surface area contributed by atoms with Crippen molar-refractivity contribution >= 4 is 33.1 Å². The molecule has 2 aromatic heterocycles. The van der Waals surface area contributed by atoms with Crippen molar-refractivity contribution in [1.29, 1.82) is 0 Å². The Balaban J connectivity index is 1.51. The van der Waals surface area contributed by atoms with E-state index >= 15 is 0 Å². The lowest BCUT2D eigenvalue weighted by atomic mass is 10.2. The van der Waals surface area contributed by atoms with E-state index in [1.54, 1.807) is 29.6 Å². The van der Waals surface area contributed by atoms with Crippen LogP contribution in [0.2, 0.25) is 0 Å². The molecule has 0 radical (unpaired) electrons. The van der Waals surface area contributed by atoms with Crippen molar-refractivity contribution < 1.29 is 14.3 Å². The molecule has 0 aliphatic carbocycles. The first-order chi connectivity index (χ1) is 12.2. The minimum atomic E-state index is -0.312. The quantitative estimate of drug-likeness (QED) is 0.777. The average molecular weight is 357 g/mol. The number of rotatable bonds is 3. The van der Waals surface area contributed by atoms with Crippen molar-refractivity contribution in [1.82, 2.24) is 9.55 Å². The van der Waals surface area contributed by atoms with Crippen molar-refractivity contribution in [3.63, 3.8) is 0 Å². The molecule has 7 nitrogen and oxygen atoms in total. The molecule has 0 bridgehead atoms. The molecule has 25 heavy (non-hydrogen) atoms. The third-order valence-electron chi connectivity index (χ3n) is 3.80. The highest BCUT2D eigenvalue weighted by Gasteiger charge is 2.13. The molecule has 0 spiro atoms. The second-order valence-corrected chi connectivity index (χ2v) is 6.47. The largest absolute Gasteiger partial charge is 0.490 e. The maximum atomic E-state index is 12.3. The van der Waals surface area contributed by atoms with E-state index in [0.29, 0.717) is 40.6 Å². The van der Waals surface area contributed by atoms with Crippen molar-refractivity contribution in [2.75, 3.05) is 18.5 Å². The number of anilines is 1. The molecule has 1 aliphatic rings. The Kier molecular flexibility index (Phi) is 4.10. The Morgan fingerprint density at radius 3 is 2.96 bits per heavy atom. The number of fused-ring (bicyclic) bond motifs is 2. The zero-order chi connectivity index (χ0) is 17.2. The molecule has 0 unspecified atom stereocenters. The summed E-state index contributed by atoms with van der Waals surface area (Å²) in [6.07, 6.45) is 2.21. The minimum absolute atomic E-state index is 0.105. The Hall–Kier alpha value is -2.87. The first-order valence-corrected chi connectivity index (χ1v) is 8.71. The van der Waals surface area contributed by atoms with E-state index in [9.17, 15) is 9.59 Å². The van der Waals surface area contributed by atoms with Gasteiger partial charge in [0.1, 0.15) is 11.4 Å². The molecule has 0 saturated carbocycles. The molecule has 0 atom stereocenters. The van der Waals surface area contributed by atoms with E-state index in [4.69, 9.17) is 9.47 Å². The molecule has 128 valence electrons. The van der Waals surface area contributed by atoms with Gasteiger partial charge in [-0.3, -0.25) is 14.2 Å². The van der Waals surface area contributed by atoms with E-state index in [-0.39, 0.29) is 18.0 Å². The highest BCUT2D eigenvalue weighted by molar-refractivity contribution is 7.16. The molecule has 3 aromatic rings. The van der Waals surface area contributed by atoms with E-state index in [1.807, 2.05) is 0 Å². The van der Waals surface area contributed by atoms with Gasteiger partial charge in [0.2, 0.25) is 5.91 Å². The second kappa shape index (κ2) is 6.56. The van der Waals surface area contributed by atoms with Gasteiger partial charge in [-0.2, -0.15) is 0 Å². The Morgan fingerprint density at radius 2 is 2.08 bits per heavy atom. The number of carbonyl (C=O) groups excluding carboxylic acids is 1. The van der Waals surface area contributed by atoms with Gasteiger partial charge < -0.3 is 14.8 Å². The summed E-state index contributed by atoms with van der Waals surface area (Å²) >= 11 is 1.40. The molecule has 1 N–H and O–H groups in total. The number of aromatic nitrogens is 2. The van der Waals surface area contributed by atoms with E-state index in [1.165, 1.54) is 22.2 Å². The van der Waals surface area contributed by atoms with E-state index < -0.39 is 0 Å². The van der Waals surface area contributed by atoms with Crippen LogP contribution < -0.4 is 20.3 Å². The number of nitrogens with one attached hydrogen (secondary N) is 1. The van der Waals surface area contributed by atoms with Gasteiger partial charge in [-0.05, 0) is 23.6 Å². The molecular formula is C17H15N3O4S. The normalized spacial score (nSPS) is 13.4. The van der Waals surface area contributed by atoms with Crippen molar-refractivity contribution in [3.8, 4) is 11.5 Å². The van der Waals surface area contributed by atoms with Crippen LogP contribution in [0, 0.1) is 0 Å². The summed E-state index contributed by atoms with van der Waals surface area (Å²) in [4.78, 5) is 29.5. The van der Waals surface area contributed by atoms with Gasteiger partial charge in [0.25, 0.3) is 5.56 Å². The van der Waals surface area contributed by atoms with Crippen molar-refractivity contribution in [2.24, 2.45) is 0 Å². The molecular weight excluding hydrogens is 342 g/mol. The topological polar surface area (TPSA) is 82.5 Å². The van der Waals surface area contributed by atoms with E-state index in [2.05, 4.69) is 10.3 Å². The first kappa shape index (κ1) is 15.6. The average Bonchev–Trinajstić information content (AvgIpc) is 2.96. The molecule has 1 aromatic carbocycles. The van der Waals surface area contributed by atoms with Gasteiger partial charge in [0.15, 0.2) is 11.5 Å². The fraction of sp³-hybridized carbons (Fsp3) is 0.235. The van der Waals surface area contributed by atoms with Crippen LogP contribution in [0.1, 0.15) is 6.42 Å². The third kappa shape index (κ3) is 3.20.